The van der Waals surface area contributed by atoms with E-state index in [2.05, 4.69) is 0 Å². The molecule has 17 heavy (non-hydrogen) atoms. The summed E-state index contributed by atoms with van der Waals surface area (Å²) in [5, 5.41) is 0. The average molecular weight is 237 g/mol. The Kier molecular flexibility index (Phi) is 2.47. The molecule has 0 bridgehead atoms. The largest absolute Gasteiger partial charge is 0.330 e. The standard InChI is InChI=1S/C14H17F2N/c15-12-2-1-9(13(16)4-12)5-14(8-17)6-10-3-11(10)7-14/h1-2,4,10-11H,3,5-8,17H2. The second kappa shape index (κ2) is 3.77. The van der Waals surface area contributed by atoms with Gasteiger partial charge in [0, 0.05) is 6.07 Å². The molecule has 0 aromatic heterocycles. The maximum atomic E-state index is 13.6. The SMILES string of the molecule is NCC1(Cc2ccc(F)cc2F)CC2CC2C1. The van der Waals surface area contributed by atoms with E-state index in [0.717, 1.165) is 30.7 Å². The van der Waals surface area contributed by atoms with Crippen LogP contribution < -0.4 is 5.73 Å². The number of nitrogens with two attached hydrogens (primary N) is 1. The van der Waals surface area contributed by atoms with Crippen molar-refractivity contribution in [3.63, 3.8) is 0 Å². The van der Waals surface area contributed by atoms with E-state index in [0.29, 0.717) is 18.5 Å². The van der Waals surface area contributed by atoms with Gasteiger partial charge in [-0.05, 0) is 61.1 Å². The van der Waals surface area contributed by atoms with Gasteiger partial charge in [-0.25, -0.2) is 8.78 Å². The molecule has 2 N–H and O–H groups in total. The molecule has 0 spiro atoms. The van der Waals surface area contributed by atoms with E-state index in [1.54, 1.807) is 6.07 Å². The van der Waals surface area contributed by atoms with E-state index in [-0.39, 0.29) is 5.41 Å². The molecule has 0 amide bonds. The van der Waals surface area contributed by atoms with E-state index < -0.39 is 11.6 Å². The highest BCUT2D eigenvalue weighted by atomic mass is 19.1. The van der Waals surface area contributed by atoms with Crippen LogP contribution in [0.3, 0.4) is 0 Å². The summed E-state index contributed by atoms with van der Waals surface area (Å²) in [5.41, 5.74) is 6.55. The summed E-state index contributed by atoms with van der Waals surface area (Å²) in [6.07, 6.45) is 4.21. The van der Waals surface area contributed by atoms with Crippen molar-refractivity contribution in [3.05, 3.63) is 35.4 Å². The third kappa shape index (κ3) is 1.97. The predicted molar refractivity (Wildman–Crippen MR) is 62.4 cm³/mol. The summed E-state index contributed by atoms with van der Waals surface area (Å²) in [4.78, 5) is 0. The van der Waals surface area contributed by atoms with E-state index >= 15 is 0 Å². The van der Waals surface area contributed by atoms with Crippen molar-refractivity contribution >= 4 is 0 Å². The number of benzene rings is 1. The van der Waals surface area contributed by atoms with Crippen molar-refractivity contribution in [1.82, 2.24) is 0 Å². The molecule has 2 aliphatic carbocycles. The molecule has 2 saturated carbocycles. The lowest BCUT2D eigenvalue weighted by Gasteiger charge is -2.29. The van der Waals surface area contributed by atoms with E-state index in [9.17, 15) is 8.78 Å². The molecule has 2 aliphatic rings. The van der Waals surface area contributed by atoms with E-state index in [1.165, 1.54) is 12.5 Å². The summed E-state index contributed by atoms with van der Waals surface area (Å²) in [6.45, 7) is 0.608. The maximum absolute atomic E-state index is 13.6. The molecular weight excluding hydrogens is 220 g/mol. The zero-order valence-electron chi connectivity index (χ0n) is 9.76. The van der Waals surface area contributed by atoms with Gasteiger partial charge in [0.2, 0.25) is 0 Å². The lowest BCUT2D eigenvalue weighted by molar-refractivity contribution is 0.269. The quantitative estimate of drug-likeness (QED) is 0.859. The number of halogens is 2. The van der Waals surface area contributed by atoms with Gasteiger partial charge in [-0.15, -0.1) is 0 Å². The highest BCUT2D eigenvalue weighted by molar-refractivity contribution is 5.21. The smallest absolute Gasteiger partial charge is 0.129 e. The topological polar surface area (TPSA) is 26.0 Å². The number of rotatable bonds is 3. The van der Waals surface area contributed by atoms with Crippen molar-refractivity contribution in [1.29, 1.82) is 0 Å². The van der Waals surface area contributed by atoms with Gasteiger partial charge < -0.3 is 5.73 Å². The number of hydrogen-bond donors (Lipinski definition) is 1. The molecule has 0 radical (unpaired) electrons. The fourth-order valence-electron chi connectivity index (χ4n) is 3.46. The molecule has 0 heterocycles. The van der Waals surface area contributed by atoms with Gasteiger partial charge in [0.15, 0.2) is 0 Å². The molecule has 2 atom stereocenters. The molecule has 1 nitrogen and oxygen atoms in total. The van der Waals surface area contributed by atoms with Crippen molar-refractivity contribution in [2.45, 2.75) is 25.7 Å². The molecule has 2 unspecified atom stereocenters. The molecule has 0 aliphatic heterocycles. The molecule has 1 aromatic rings. The summed E-state index contributed by atoms with van der Waals surface area (Å²) in [7, 11) is 0. The Labute approximate surface area is 100 Å². The third-order valence-electron chi connectivity index (χ3n) is 4.47. The van der Waals surface area contributed by atoms with Crippen LogP contribution in [0.25, 0.3) is 0 Å². The van der Waals surface area contributed by atoms with Crippen LogP contribution in [-0.2, 0) is 6.42 Å². The Balaban J connectivity index is 1.81. The van der Waals surface area contributed by atoms with Gasteiger partial charge in [-0.3, -0.25) is 0 Å². The van der Waals surface area contributed by atoms with Gasteiger partial charge in [0.1, 0.15) is 11.6 Å². The van der Waals surface area contributed by atoms with Gasteiger partial charge in [0.05, 0.1) is 0 Å². The zero-order chi connectivity index (χ0) is 12.0. The number of fused-ring (bicyclic) bond motifs is 1. The second-order valence-corrected chi connectivity index (χ2v) is 5.78. The van der Waals surface area contributed by atoms with Gasteiger partial charge in [-0.1, -0.05) is 6.07 Å². The predicted octanol–water partition coefficient (Wildman–Crippen LogP) is 2.88. The Bertz CT molecular complexity index is 434. The van der Waals surface area contributed by atoms with Gasteiger partial charge in [0.25, 0.3) is 0 Å². The van der Waals surface area contributed by atoms with Gasteiger partial charge >= 0.3 is 0 Å². The van der Waals surface area contributed by atoms with Crippen LogP contribution >= 0.6 is 0 Å². The molecule has 3 rings (SSSR count). The van der Waals surface area contributed by atoms with Crippen LogP contribution in [0, 0.1) is 28.9 Å². The average Bonchev–Trinajstić information content (AvgIpc) is 2.91. The minimum Gasteiger partial charge on any atom is -0.330 e. The first-order valence-corrected chi connectivity index (χ1v) is 6.26. The summed E-state index contributed by atoms with van der Waals surface area (Å²) in [6, 6.07) is 3.86. The first kappa shape index (κ1) is 11.1. The lowest BCUT2D eigenvalue weighted by atomic mass is 9.77. The first-order valence-electron chi connectivity index (χ1n) is 6.26. The summed E-state index contributed by atoms with van der Waals surface area (Å²) >= 11 is 0. The molecule has 0 saturated heterocycles. The van der Waals surface area contributed by atoms with E-state index in [4.69, 9.17) is 5.73 Å². The normalized spacial score (nSPS) is 34.8. The Morgan fingerprint density at radius 1 is 1.24 bits per heavy atom. The lowest BCUT2D eigenvalue weighted by Crippen LogP contribution is -2.31. The molecule has 1 aromatic carbocycles. The third-order valence-corrected chi connectivity index (χ3v) is 4.47. The van der Waals surface area contributed by atoms with Gasteiger partial charge in [-0.2, -0.15) is 0 Å². The molecule has 3 heteroatoms. The minimum atomic E-state index is -0.512. The van der Waals surface area contributed by atoms with Crippen molar-refractivity contribution in [2.24, 2.45) is 23.0 Å². The van der Waals surface area contributed by atoms with Crippen LogP contribution in [0.4, 0.5) is 8.78 Å². The Morgan fingerprint density at radius 2 is 1.94 bits per heavy atom. The van der Waals surface area contributed by atoms with Crippen LogP contribution in [0.5, 0.6) is 0 Å². The van der Waals surface area contributed by atoms with Crippen LogP contribution in [0.1, 0.15) is 24.8 Å². The van der Waals surface area contributed by atoms with Crippen LogP contribution in [0.15, 0.2) is 18.2 Å². The monoisotopic (exact) mass is 237 g/mol. The molecule has 92 valence electrons. The van der Waals surface area contributed by atoms with E-state index in [1.807, 2.05) is 0 Å². The zero-order valence-corrected chi connectivity index (χ0v) is 9.76. The molecule has 2 fully saturated rings. The summed E-state index contributed by atoms with van der Waals surface area (Å²) < 4.78 is 26.5. The Morgan fingerprint density at radius 3 is 2.53 bits per heavy atom. The highest BCUT2D eigenvalue weighted by Crippen LogP contribution is 2.60. The first-order chi connectivity index (χ1) is 8.12. The Hall–Kier alpha value is -0.960. The highest BCUT2D eigenvalue weighted by Gasteiger charge is 2.52. The van der Waals surface area contributed by atoms with Crippen molar-refractivity contribution in [2.75, 3.05) is 6.54 Å². The minimum absolute atomic E-state index is 0.0618. The second-order valence-electron chi connectivity index (χ2n) is 5.78. The van der Waals surface area contributed by atoms with Crippen molar-refractivity contribution in [3.8, 4) is 0 Å². The van der Waals surface area contributed by atoms with Crippen molar-refractivity contribution < 1.29 is 8.78 Å². The fourth-order valence-corrected chi connectivity index (χ4v) is 3.46. The van der Waals surface area contributed by atoms with Crippen LogP contribution in [0.2, 0.25) is 0 Å². The summed E-state index contributed by atoms with van der Waals surface area (Å²) in [5.74, 6) is 0.699. The fraction of sp³-hybridized carbons (Fsp3) is 0.571. The maximum Gasteiger partial charge on any atom is 0.129 e. The molecular formula is C14H17F2N. The van der Waals surface area contributed by atoms with Crippen LogP contribution in [-0.4, -0.2) is 6.54 Å². The number of hydrogen-bond acceptors (Lipinski definition) is 1.